The maximum Gasteiger partial charge on any atom is 0.325 e. The molecule has 2 aromatic rings. The molecule has 1 aromatic carbocycles. The van der Waals surface area contributed by atoms with Crippen molar-refractivity contribution in [3.63, 3.8) is 0 Å². The Labute approximate surface area is 219 Å². The summed E-state index contributed by atoms with van der Waals surface area (Å²) in [6.45, 7) is 7.10. The summed E-state index contributed by atoms with van der Waals surface area (Å²) in [5, 5.41) is 17.1. The molecule has 8 heteroatoms. The average molecular weight is 513 g/mol. The molecule has 0 spiro atoms. The number of benzene rings is 1. The monoisotopic (exact) mass is 512 g/mol. The number of carboxylic acid groups (broad SMARTS) is 1. The number of methoxy groups -OCH3 is 1. The lowest BCUT2D eigenvalue weighted by Gasteiger charge is -2.27. The number of rotatable bonds is 12. The summed E-state index contributed by atoms with van der Waals surface area (Å²) in [6.07, 6.45) is 7.42. The Morgan fingerprint density at radius 3 is 2.89 bits per heavy atom. The number of halogens is 1. The van der Waals surface area contributed by atoms with Gasteiger partial charge in [-0.1, -0.05) is 26.3 Å². The van der Waals surface area contributed by atoms with E-state index in [1.807, 2.05) is 18.7 Å². The van der Waals surface area contributed by atoms with Crippen LogP contribution in [-0.2, 0) is 17.6 Å². The normalized spacial score (nSPS) is 18.5. The lowest BCUT2D eigenvalue weighted by Crippen LogP contribution is -2.37. The number of ether oxygens (including phenoxy) is 1. The predicted octanol–water partition coefficient (Wildman–Crippen LogP) is 4.91. The second kappa shape index (κ2) is 12.7. The minimum atomic E-state index is -0.981. The Hall–Kier alpha value is -2.71. The molecule has 1 aromatic heterocycles. The summed E-state index contributed by atoms with van der Waals surface area (Å²) >= 11 is 0. The first-order valence-corrected chi connectivity index (χ1v) is 13.7. The van der Waals surface area contributed by atoms with Gasteiger partial charge in [0.15, 0.2) is 11.6 Å². The fourth-order valence-corrected chi connectivity index (χ4v) is 5.48. The average Bonchev–Trinajstić information content (AvgIpc) is 3.33. The summed E-state index contributed by atoms with van der Waals surface area (Å²) in [7, 11) is 1.39. The van der Waals surface area contributed by atoms with Crippen molar-refractivity contribution in [1.82, 2.24) is 15.2 Å². The number of aromatic nitrogens is 1. The van der Waals surface area contributed by atoms with Gasteiger partial charge in [0.05, 0.1) is 7.11 Å². The van der Waals surface area contributed by atoms with Crippen molar-refractivity contribution in [3.05, 3.63) is 52.5 Å². The van der Waals surface area contributed by atoms with Crippen LogP contribution in [0.2, 0.25) is 0 Å². The van der Waals surface area contributed by atoms with Gasteiger partial charge in [0.25, 0.3) is 0 Å². The van der Waals surface area contributed by atoms with Gasteiger partial charge in [0, 0.05) is 36.9 Å². The van der Waals surface area contributed by atoms with Crippen molar-refractivity contribution in [2.75, 3.05) is 38.6 Å². The molecule has 3 heterocycles. The summed E-state index contributed by atoms with van der Waals surface area (Å²) in [5.41, 5.74) is 3.65. The number of pyridine rings is 1. The van der Waals surface area contributed by atoms with Crippen molar-refractivity contribution >= 4 is 11.8 Å². The number of aliphatic carboxylic acids is 1. The van der Waals surface area contributed by atoms with Crippen LogP contribution in [0.25, 0.3) is 0 Å². The molecule has 2 aliphatic rings. The maximum atomic E-state index is 14.8. The number of fused-ring (bicyclic) bond motifs is 1. The van der Waals surface area contributed by atoms with Gasteiger partial charge in [-0.2, -0.15) is 0 Å². The van der Waals surface area contributed by atoms with Crippen LogP contribution in [0.15, 0.2) is 24.3 Å². The number of unbranched alkanes of at least 4 members (excludes halogenated alkanes) is 2. The summed E-state index contributed by atoms with van der Waals surface area (Å²) in [4.78, 5) is 19.0. The highest BCUT2D eigenvalue weighted by Crippen LogP contribution is 2.36. The number of nitrogens with zero attached hydrogens (tertiary/aromatic N) is 2. The third-order valence-electron chi connectivity index (χ3n) is 7.57. The SMILES string of the molecule is COc1c(F)cc(C(C)C)cc1C(C(=O)O)N1CCC(NCCCCCc2ccc3c(n2)NCCC3)C1. The van der Waals surface area contributed by atoms with Crippen LogP contribution in [0.5, 0.6) is 5.75 Å². The molecular formula is C29H41FN4O3. The van der Waals surface area contributed by atoms with E-state index in [0.29, 0.717) is 18.7 Å². The van der Waals surface area contributed by atoms with Gasteiger partial charge in [-0.05, 0) is 80.3 Å². The van der Waals surface area contributed by atoms with Gasteiger partial charge < -0.3 is 20.5 Å². The fourth-order valence-electron chi connectivity index (χ4n) is 5.48. The number of hydrogen-bond acceptors (Lipinski definition) is 6. The van der Waals surface area contributed by atoms with E-state index in [1.54, 1.807) is 6.07 Å². The van der Waals surface area contributed by atoms with Crippen molar-refractivity contribution in [2.24, 2.45) is 0 Å². The highest BCUT2D eigenvalue weighted by atomic mass is 19.1. The Bertz CT molecular complexity index is 1080. The molecule has 0 bridgehead atoms. The number of anilines is 1. The smallest absolute Gasteiger partial charge is 0.325 e. The van der Waals surface area contributed by atoms with Crippen LogP contribution in [0.1, 0.15) is 80.3 Å². The Balaban J connectivity index is 1.25. The molecule has 2 aliphatic heterocycles. The first kappa shape index (κ1) is 27.3. The minimum Gasteiger partial charge on any atom is -0.493 e. The van der Waals surface area contributed by atoms with E-state index in [0.717, 1.165) is 68.7 Å². The van der Waals surface area contributed by atoms with Crippen molar-refractivity contribution in [2.45, 2.75) is 76.8 Å². The fraction of sp³-hybridized carbons (Fsp3) is 0.586. The molecule has 4 rings (SSSR count). The molecule has 0 amide bonds. The molecule has 2 unspecified atom stereocenters. The third kappa shape index (κ3) is 6.79. The first-order chi connectivity index (χ1) is 17.9. The molecule has 37 heavy (non-hydrogen) atoms. The Kier molecular flexibility index (Phi) is 9.38. The van der Waals surface area contributed by atoms with Gasteiger partial charge in [0.2, 0.25) is 0 Å². The van der Waals surface area contributed by atoms with Gasteiger partial charge in [-0.3, -0.25) is 9.69 Å². The minimum absolute atomic E-state index is 0.0254. The number of carboxylic acids is 1. The zero-order valence-corrected chi connectivity index (χ0v) is 22.4. The van der Waals surface area contributed by atoms with Crippen LogP contribution < -0.4 is 15.4 Å². The molecule has 202 valence electrons. The van der Waals surface area contributed by atoms with Gasteiger partial charge in [-0.25, -0.2) is 9.37 Å². The summed E-state index contributed by atoms with van der Waals surface area (Å²) < 4.78 is 20.1. The van der Waals surface area contributed by atoms with E-state index < -0.39 is 17.8 Å². The quantitative estimate of drug-likeness (QED) is 0.348. The van der Waals surface area contributed by atoms with Crippen molar-refractivity contribution in [3.8, 4) is 5.75 Å². The van der Waals surface area contributed by atoms with E-state index in [4.69, 9.17) is 9.72 Å². The zero-order valence-electron chi connectivity index (χ0n) is 22.4. The Morgan fingerprint density at radius 1 is 1.30 bits per heavy atom. The number of likely N-dealkylation sites (tertiary alicyclic amines) is 1. The largest absolute Gasteiger partial charge is 0.493 e. The number of nitrogens with one attached hydrogen (secondary N) is 2. The number of hydrogen-bond donors (Lipinski definition) is 3. The highest BCUT2D eigenvalue weighted by molar-refractivity contribution is 5.77. The van der Waals surface area contributed by atoms with Gasteiger partial charge in [-0.15, -0.1) is 0 Å². The third-order valence-corrected chi connectivity index (χ3v) is 7.57. The second-order valence-electron chi connectivity index (χ2n) is 10.6. The van der Waals surface area contributed by atoms with Crippen LogP contribution in [0.4, 0.5) is 10.2 Å². The molecule has 0 radical (unpaired) electrons. The first-order valence-electron chi connectivity index (χ1n) is 13.7. The van der Waals surface area contributed by atoms with E-state index in [-0.39, 0.29) is 17.7 Å². The zero-order chi connectivity index (χ0) is 26.4. The maximum absolute atomic E-state index is 14.8. The van der Waals surface area contributed by atoms with Crippen molar-refractivity contribution in [1.29, 1.82) is 0 Å². The van der Waals surface area contributed by atoms with E-state index in [9.17, 15) is 14.3 Å². The van der Waals surface area contributed by atoms with Crippen molar-refractivity contribution < 1.29 is 19.0 Å². The topological polar surface area (TPSA) is 86.7 Å². The molecule has 7 nitrogen and oxygen atoms in total. The molecule has 2 atom stereocenters. The standard InChI is InChI=1S/C29H41FN4O3/c1-19(2)21-16-24(27(37-3)25(30)17-21)26(29(35)36)34-15-12-23(18-34)31-13-6-4-5-9-22-11-10-20-8-7-14-32-28(20)33-22/h10-11,16-17,19,23,26,31H,4-9,12-15,18H2,1-3H3,(H,32,33)(H,35,36). The summed E-state index contributed by atoms with van der Waals surface area (Å²) in [5.74, 6) is -0.318. The molecule has 0 saturated carbocycles. The molecule has 3 N–H and O–H groups in total. The van der Waals surface area contributed by atoms with E-state index >= 15 is 0 Å². The summed E-state index contributed by atoms with van der Waals surface area (Å²) in [6, 6.07) is 6.89. The van der Waals surface area contributed by atoms with Gasteiger partial charge in [0.1, 0.15) is 11.9 Å². The van der Waals surface area contributed by atoms with Crippen LogP contribution in [0.3, 0.4) is 0 Å². The number of aryl methyl sites for hydroxylation is 2. The van der Waals surface area contributed by atoms with Gasteiger partial charge >= 0.3 is 5.97 Å². The van der Waals surface area contributed by atoms with E-state index in [2.05, 4.69) is 22.8 Å². The lowest BCUT2D eigenvalue weighted by molar-refractivity contribution is -0.143. The molecule has 1 saturated heterocycles. The number of carbonyl (C=O) groups is 1. The molecule has 1 fully saturated rings. The van der Waals surface area contributed by atoms with Crippen LogP contribution in [-0.4, -0.2) is 60.3 Å². The Morgan fingerprint density at radius 2 is 2.14 bits per heavy atom. The van der Waals surface area contributed by atoms with Crippen LogP contribution >= 0.6 is 0 Å². The van der Waals surface area contributed by atoms with Crippen LogP contribution in [0, 0.1) is 5.82 Å². The lowest BCUT2D eigenvalue weighted by atomic mass is 9.95. The van der Waals surface area contributed by atoms with E-state index in [1.165, 1.54) is 25.2 Å². The molecule has 0 aliphatic carbocycles. The molecular weight excluding hydrogens is 471 g/mol. The second-order valence-corrected chi connectivity index (χ2v) is 10.6. The highest BCUT2D eigenvalue weighted by Gasteiger charge is 2.36. The predicted molar refractivity (Wildman–Crippen MR) is 144 cm³/mol.